The zero-order valence-electron chi connectivity index (χ0n) is 14.5. The molecule has 0 aliphatic heterocycles. The molecule has 5 nitrogen and oxygen atoms in total. The van der Waals surface area contributed by atoms with E-state index in [2.05, 4.69) is 66.0 Å². The molecule has 1 aromatic rings. The Kier molecular flexibility index (Phi) is 7.43. The molecule has 120 valence electrons. The summed E-state index contributed by atoms with van der Waals surface area (Å²) in [5, 5.41) is 3.36. The first-order valence-electron chi connectivity index (χ1n) is 7.91. The summed E-state index contributed by atoms with van der Waals surface area (Å²) in [6.07, 6.45) is 1.09. The van der Waals surface area contributed by atoms with Crippen LogP contribution in [0.4, 0.5) is 11.6 Å². The maximum atomic E-state index is 4.63. The van der Waals surface area contributed by atoms with Crippen molar-refractivity contribution in [3.05, 3.63) is 11.9 Å². The predicted molar refractivity (Wildman–Crippen MR) is 91.2 cm³/mol. The number of nitrogens with zero attached hydrogens (tertiary/aromatic N) is 4. The van der Waals surface area contributed by atoms with Crippen molar-refractivity contribution >= 4 is 11.6 Å². The Hall–Kier alpha value is -1.36. The molecule has 1 aromatic heterocycles. The molecule has 0 amide bonds. The highest BCUT2D eigenvalue weighted by molar-refractivity contribution is 5.49. The average Bonchev–Trinajstić information content (AvgIpc) is 2.40. The van der Waals surface area contributed by atoms with Gasteiger partial charge in [-0.3, -0.25) is 0 Å². The lowest BCUT2D eigenvalue weighted by Gasteiger charge is -2.27. The zero-order valence-corrected chi connectivity index (χ0v) is 14.5. The standard InChI is InChI=1S/C16H31N5/c1-7-8-17-15-11-16(19-14(4)18-15)21(12-13(2)3)10-9-20(5)6/h11,13H,7-10,12H2,1-6H3,(H,17,18,19). The third-order valence-electron chi connectivity index (χ3n) is 3.11. The maximum Gasteiger partial charge on any atom is 0.134 e. The third kappa shape index (κ3) is 6.76. The Balaban J connectivity index is 2.90. The summed E-state index contributed by atoms with van der Waals surface area (Å²) in [5.41, 5.74) is 0. The lowest BCUT2D eigenvalue weighted by Crippen LogP contribution is -2.35. The topological polar surface area (TPSA) is 44.3 Å². The molecular formula is C16H31N5. The second kappa shape index (κ2) is 8.82. The monoisotopic (exact) mass is 293 g/mol. The van der Waals surface area contributed by atoms with Gasteiger partial charge in [-0.15, -0.1) is 0 Å². The van der Waals surface area contributed by atoms with Gasteiger partial charge in [0.15, 0.2) is 0 Å². The molecular weight excluding hydrogens is 262 g/mol. The molecule has 1 rings (SSSR count). The van der Waals surface area contributed by atoms with Crippen LogP contribution in [-0.4, -0.2) is 55.1 Å². The average molecular weight is 293 g/mol. The van der Waals surface area contributed by atoms with Crippen molar-refractivity contribution in [3.63, 3.8) is 0 Å². The summed E-state index contributed by atoms with van der Waals surface area (Å²) < 4.78 is 0. The molecule has 0 aliphatic rings. The van der Waals surface area contributed by atoms with Crippen LogP contribution in [0.25, 0.3) is 0 Å². The van der Waals surface area contributed by atoms with Gasteiger partial charge in [0.25, 0.3) is 0 Å². The Morgan fingerprint density at radius 2 is 1.90 bits per heavy atom. The van der Waals surface area contributed by atoms with Crippen LogP contribution in [-0.2, 0) is 0 Å². The van der Waals surface area contributed by atoms with Crippen molar-refractivity contribution in [1.82, 2.24) is 14.9 Å². The van der Waals surface area contributed by atoms with Gasteiger partial charge in [-0.1, -0.05) is 20.8 Å². The van der Waals surface area contributed by atoms with Crippen LogP contribution in [0.15, 0.2) is 6.07 Å². The molecule has 1 heterocycles. The van der Waals surface area contributed by atoms with Crippen LogP contribution in [0.5, 0.6) is 0 Å². The second-order valence-corrected chi connectivity index (χ2v) is 6.23. The van der Waals surface area contributed by atoms with Crippen molar-refractivity contribution in [3.8, 4) is 0 Å². The number of aromatic nitrogens is 2. The van der Waals surface area contributed by atoms with E-state index >= 15 is 0 Å². The van der Waals surface area contributed by atoms with Crippen LogP contribution < -0.4 is 10.2 Å². The Morgan fingerprint density at radius 1 is 1.19 bits per heavy atom. The molecule has 0 saturated carbocycles. The number of likely N-dealkylation sites (N-methyl/N-ethyl adjacent to an activating group) is 1. The van der Waals surface area contributed by atoms with E-state index in [-0.39, 0.29) is 0 Å². The summed E-state index contributed by atoms with van der Waals surface area (Å²) in [6.45, 7) is 12.6. The van der Waals surface area contributed by atoms with E-state index in [1.807, 2.05) is 6.92 Å². The van der Waals surface area contributed by atoms with Gasteiger partial charge in [0, 0.05) is 32.2 Å². The fraction of sp³-hybridized carbons (Fsp3) is 0.750. The van der Waals surface area contributed by atoms with Gasteiger partial charge >= 0.3 is 0 Å². The Bertz CT molecular complexity index is 417. The first-order valence-corrected chi connectivity index (χ1v) is 7.91. The van der Waals surface area contributed by atoms with E-state index in [0.29, 0.717) is 5.92 Å². The summed E-state index contributed by atoms with van der Waals surface area (Å²) in [7, 11) is 4.21. The van der Waals surface area contributed by atoms with E-state index in [1.54, 1.807) is 0 Å². The number of hydrogen-bond acceptors (Lipinski definition) is 5. The summed E-state index contributed by atoms with van der Waals surface area (Å²) >= 11 is 0. The number of aryl methyl sites for hydroxylation is 1. The lowest BCUT2D eigenvalue weighted by atomic mass is 10.2. The number of hydrogen-bond donors (Lipinski definition) is 1. The Morgan fingerprint density at radius 3 is 2.48 bits per heavy atom. The minimum atomic E-state index is 0.606. The van der Waals surface area contributed by atoms with E-state index in [0.717, 1.165) is 50.1 Å². The van der Waals surface area contributed by atoms with E-state index in [4.69, 9.17) is 0 Å². The number of rotatable bonds is 9. The normalized spacial score (nSPS) is 11.2. The molecule has 21 heavy (non-hydrogen) atoms. The van der Waals surface area contributed by atoms with Gasteiger partial charge < -0.3 is 15.1 Å². The van der Waals surface area contributed by atoms with Gasteiger partial charge in [-0.05, 0) is 33.4 Å². The summed E-state index contributed by atoms with van der Waals surface area (Å²) in [5.74, 6) is 3.38. The molecule has 0 bridgehead atoms. The van der Waals surface area contributed by atoms with Crippen LogP contribution in [0.1, 0.15) is 33.0 Å². The smallest absolute Gasteiger partial charge is 0.134 e. The molecule has 1 N–H and O–H groups in total. The van der Waals surface area contributed by atoms with E-state index < -0.39 is 0 Å². The fourth-order valence-electron chi connectivity index (χ4n) is 2.12. The van der Waals surface area contributed by atoms with Crippen molar-refractivity contribution in [2.45, 2.75) is 34.1 Å². The highest BCUT2D eigenvalue weighted by Gasteiger charge is 2.12. The minimum Gasteiger partial charge on any atom is -0.370 e. The molecule has 5 heteroatoms. The van der Waals surface area contributed by atoms with Crippen molar-refractivity contribution < 1.29 is 0 Å². The van der Waals surface area contributed by atoms with Gasteiger partial charge in [0.2, 0.25) is 0 Å². The highest BCUT2D eigenvalue weighted by Crippen LogP contribution is 2.17. The summed E-state index contributed by atoms with van der Waals surface area (Å²) in [6, 6.07) is 2.07. The van der Waals surface area contributed by atoms with Crippen LogP contribution in [0.3, 0.4) is 0 Å². The molecule has 0 fully saturated rings. The fourth-order valence-corrected chi connectivity index (χ4v) is 2.12. The van der Waals surface area contributed by atoms with E-state index in [1.165, 1.54) is 0 Å². The van der Waals surface area contributed by atoms with Crippen LogP contribution in [0, 0.1) is 12.8 Å². The second-order valence-electron chi connectivity index (χ2n) is 6.23. The minimum absolute atomic E-state index is 0.606. The summed E-state index contributed by atoms with van der Waals surface area (Å²) in [4.78, 5) is 13.7. The molecule has 0 atom stereocenters. The van der Waals surface area contributed by atoms with Gasteiger partial charge in [0.05, 0.1) is 0 Å². The maximum absolute atomic E-state index is 4.63. The highest BCUT2D eigenvalue weighted by atomic mass is 15.2. The lowest BCUT2D eigenvalue weighted by molar-refractivity contribution is 0.408. The van der Waals surface area contributed by atoms with Gasteiger partial charge in [0.1, 0.15) is 17.5 Å². The van der Waals surface area contributed by atoms with E-state index in [9.17, 15) is 0 Å². The quantitative estimate of drug-likeness (QED) is 0.758. The molecule has 0 radical (unpaired) electrons. The SMILES string of the molecule is CCCNc1cc(N(CCN(C)C)CC(C)C)nc(C)n1. The van der Waals surface area contributed by atoms with Crippen molar-refractivity contribution in [2.75, 3.05) is 50.5 Å². The van der Waals surface area contributed by atoms with Crippen LogP contribution in [0.2, 0.25) is 0 Å². The van der Waals surface area contributed by atoms with Gasteiger partial charge in [-0.25, -0.2) is 9.97 Å². The van der Waals surface area contributed by atoms with Crippen LogP contribution >= 0.6 is 0 Å². The first kappa shape index (κ1) is 17.7. The van der Waals surface area contributed by atoms with Crippen molar-refractivity contribution in [1.29, 1.82) is 0 Å². The number of anilines is 2. The Labute approximate surface area is 129 Å². The molecule has 0 spiro atoms. The first-order chi connectivity index (χ1) is 9.92. The number of nitrogens with one attached hydrogen (secondary N) is 1. The molecule has 0 saturated heterocycles. The molecule has 0 unspecified atom stereocenters. The van der Waals surface area contributed by atoms with Crippen molar-refractivity contribution in [2.24, 2.45) is 5.92 Å². The predicted octanol–water partition coefficient (Wildman–Crippen LogP) is 2.63. The molecule has 0 aliphatic carbocycles. The third-order valence-corrected chi connectivity index (χ3v) is 3.11. The zero-order chi connectivity index (χ0) is 15.8. The molecule has 0 aromatic carbocycles. The largest absolute Gasteiger partial charge is 0.370 e. The van der Waals surface area contributed by atoms with Gasteiger partial charge in [-0.2, -0.15) is 0 Å².